The quantitative estimate of drug-likeness (QED) is 0.515. The molecule has 0 saturated carbocycles. The van der Waals surface area contributed by atoms with Crippen LogP contribution in [0.15, 0.2) is 30.3 Å². The van der Waals surface area contributed by atoms with Crippen LogP contribution in [0.25, 0.3) is 0 Å². The molecule has 0 saturated heterocycles. The lowest BCUT2D eigenvalue weighted by atomic mass is 10.4. The van der Waals surface area contributed by atoms with Crippen LogP contribution < -0.4 is 5.19 Å². The van der Waals surface area contributed by atoms with Crippen molar-refractivity contribution in [3.05, 3.63) is 30.3 Å². The average molecular weight is 377 g/mol. The van der Waals surface area contributed by atoms with E-state index in [0.29, 0.717) is 0 Å². The molecule has 0 atom stereocenters. The fourth-order valence-electron chi connectivity index (χ4n) is 0.627. The van der Waals surface area contributed by atoms with Crippen LogP contribution in [0.1, 0.15) is 0 Å². The molecule has 0 unspecified atom stereocenters. The molecule has 0 amide bonds. The van der Waals surface area contributed by atoms with Gasteiger partial charge in [-0.05, 0) is 16.2 Å². The van der Waals surface area contributed by atoms with Gasteiger partial charge in [0.1, 0.15) is 0 Å². The molecule has 0 radical (unpaired) electrons. The van der Waals surface area contributed by atoms with Crippen molar-refractivity contribution >= 4 is 66.0 Å². The van der Waals surface area contributed by atoms with Crippen LogP contribution in [-0.2, 0) is 0 Å². The Morgan fingerprint density at radius 3 is 1.64 bits per heavy atom. The van der Waals surface area contributed by atoms with Gasteiger partial charge in [0.05, 0.1) is 0 Å². The molecule has 0 heterocycles. The van der Waals surface area contributed by atoms with Gasteiger partial charge in [0.2, 0.25) is 0 Å². The molecule has 0 bridgehead atoms. The highest BCUT2D eigenvalue weighted by Gasteiger charge is 2.23. The van der Waals surface area contributed by atoms with Gasteiger partial charge in [-0.15, -0.1) is 0 Å². The minimum Gasteiger partial charge on any atom is -0.0910 e. The Labute approximate surface area is 95.5 Å². The van der Waals surface area contributed by atoms with Gasteiger partial charge in [-0.25, -0.2) is 0 Å². The zero-order chi connectivity index (χ0) is 7.61. The van der Waals surface area contributed by atoms with E-state index in [0.717, 1.165) is 0 Å². The third-order valence-corrected chi connectivity index (χ3v) is 6.21. The standard InChI is InChI=1S/C6H5Br3Si.H4Si/c7-10(8,9)6-4-2-1-3-5-6;/h1-5H;1H4. The number of hydrogen-bond donors (Lipinski definition) is 0. The highest BCUT2D eigenvalue weighted by Crippen LogP contribution is 2.26. The maximum atomic E-state index is 3.56. The van der Waals surface area contributed by atoms with Crippen LogP contribution in [0.2, 0.25) is 0 Å². The van der Waals surface area contributed by atoms with Crippen molar-refractivity contribution < 1.29 is 0 Å². The summed E-state index contributed by atoms with van der Waals surface area (Å²) < 4.78 is -1.60. The van der Waals surface area contributed by atoms with E-state index in [1.54, 1.807) is 0 Å². The van der Waals surface area contributed by atoms with Crippen molar-refractivity contribution in [2.75, 3.05) is 0 Å². The van der Waals surface area contributed by atoms with Gasteiger partial charge < -0.3 is 0 Å². The van der Waals surface area contributed by atoms with Gasteiger partial charge in [-0.2, -0.15) is 0 Å². The third kappa shape index (κ3) is 4.03. The third-order valence-electron chi connectivity index (χ3n) is 1.10. The molecule has 0 spiro atoms. The van der Waals surface area contributed by atoms with E-state index in [1.165, 1.54) is 5.19 Å². The smallest absolute Gasteiger partial charge is 0.0910 e. The molecule has 1 aromatic rings. The second kappa shape index (κ2) is 4.96. The van der Waals surface area contributed by atoms with Gasteiger partial charge >= 0.3 is 0 Å². The Morgan fingerprint density at radius 2 is 1.36 bits per heavy atom. The summed E-state index contributed by atoms with van der Waals surface area (Å²) in [5.74, 6) is 0. The van der Waals surface area contributed by atoms with Gasteiger partial charge in [0.15, 0.2) is 0 Å². The molecule has 62 valence electrons. The van der Waals surface area contributed by atoms with E-state index < -0.39 is 3.93 Å². The molecular formula is C6H9Br3Si2. The summed E-state index contributed by atoms with van der Waals surface area (Å²) in [6, 6.07) is 10.2. The first-order valence-electron chi connectivity index (χ1n) is 2.73. The molecule has 1 aromatic carbocycles. The van der Waals surface area contributed by atoms with Crippen molar-refractivity contribution in [2.24, 2.45) is 0 Å². The Bertz CT molecular complexity index is 207. The Balaban J connectivity index is 0.000001000. The predicted octanol–water partition coefficient (Wildman–Crippen LogP) is 1.57. The number of benzene rings is 1. The van der Waals surface area contributed by atoms with E-state index in [1.807, 2.05) is 18.2 Å². The minimum atomic E-state index is -1.60. The van der Waals surface area contributed by atoms with Crippen LogP contribution in [-0.4, -0.2) is 14.9 Å². The topological polar surface area (TPSA) is 0 Å². The summed E-state index contributed by atoms with van der Waals surface area (Å²) in [6.07, 6.45) is 0. The molecule has 5 heteroatoms. The molecule has 0 nitrogen and oxygen atoms in total. The van der Waals surface area contributed by atoms with E-state index in [4.69, 9.17) is 0 Å². The Kier molecular flexibility index (Phi) is 5.45. The summed E-state index contributed by atoms with van der Waals surface area (Å²) in [5.41, 5.74) is 0. The largest absolute Gasteiger partial charge is 0.297 e. The van der Waals surface area contributed by atoms with E-state index in [-0.39, 0.29) is 11.0 Å². The number of hydrogen-bond acceptors (Lipinski definition) is 0. The van der Waals surface area contributed by atoms with Gasteiger partial charge in [0, 0.05) is 0 Å². The zero-order valence-electron chi connectivity index (χ0n) is 5.02. The second-order valence-corrected chi connectivity index (χ2v) is 23.7. The predicted molar refractivity (Wildman–Crippen MR) is 69.9 cm³/mol. The van der Waals surface area contributed by atoms with E-state index in [2.05, 4.69) is 58.0 Å². The highest BCUT2D eigenvalue weighted by atomic mass is 80.0. The van der Waals surface area contributed by atoms with Crippen LogP contribution in [0.4, 0.5) is 0 Å². The molecule has 0 aliphatic rings. The van der Waals surface area contributed by atoms with Gasteiger partial charge in [-0.3, -0.25) is 0 Å². The van der Waals surface area contributed by atoms with Crippen LogP contribution >= 0.6 is 45.9 Å². The maximum Gasteiger partial charge on any atom is 0.297 e. The lowest BCUT2D eigenvalue weighted by Crippen LogP contribution is -2.27. The second-order valence-electron chi connectivity index (χ2n) is 1.86. The van der Waals surface area contributed by atoms with Crippen LogP contribution in [0.5, 0.6) is 0 Å². The molecule has 0 aliphatic carbocycles. The Morgan fingerprint density at radius 1 is 0.909 bits per heavy atom. The fourth-order valence-corrected chi connectivity index (χ4v) is 3.58. The molecule has 11 heavy (non-hydrogen) atoms. The van der Waals surface area contributed by atoms with Crippen LogP contribution in [0, 0.1) is 0 Å². The minimum absolute atomic E-state index is 0. The monoisotopic (exact) mass is 374 g/mol. The lowest BCUT2D eigenvalue weighted by molar-refractivity contribution is 1.77. The maximum absolute atomic E-state index is 3.56. The van der Waals surface area contributed by atoms with E-state index >= 15 is 0 Å². The summed E-state index contributed by atoms with van der Waals surface area (Å²) in [6.45, 7) is 0. The van der Waals surface area contributed by atoms with Gasteiger partial charge in [-0.1, -0.05) is 76.2 Å². The summed E-state index contributed by atoms with van der Waals surface area (Å²) in [5, 5.41) is 1.29. The molecule has 0 aromatic heterocycles. The van der Waals surface area contributed by atoms with Gasteiger partial charge in [0.25, 0.3) is 3.93 Å². The molecule has 0 fully saturated rings. The fraction of sp³-hybridized carbons (Fsp3) is 0. The molecule has 0 N–H and O–H groups in total. The number of halogens is 3. The lowest BCUT2D eigenvalue weighted by Gasteiger charge is -2.07. The number of rotatable bonds is 1. The average Bonchev–Trinajstić information content (AvgIpc) is 1.88. The van der Waals surface area contributed by atoms with Crippen molar-refractivity contribution in [3.63, 3.8) is 0 Å². The zero-order valence-corrected chi connectivity index (χ0v) is 10.8. The van der Waals surface area contributed by atoms with Crippen molar-refractivity contribution in [1.29, 1.82) is 0 Å². The summed E-state index contributed by atoms with van der Waals surface area (Å²) in [4.78, 5) is 0. The normalized spacial score (nSPS) is 10.5. The summed E-state index contributed by atoms with van der Waals surface area (Å²) in [7, 11) is 0. The molecule has 0 aliphatic heterocycles. The first kappa shape index (κ1) is 12.1. The van der Waals surface area contributed by atoms with Crippen molar-refractivity contribution in [2.45, 2.75) is 0 Å². The first-order valence-corrected chi connectivity index (χ1v) is 11.5. The van der Waals surface area contributed by atoms with Crippen molar-refractivity contribution in [1.82, 2.24) is 0 Å². The summed E-state index contributed by atoms with van der Waals surface area (Å²) >= 11 is 10.7. The Hall–Kier alpha value is 1.09. The van der Waals surface area contributed by atoms with Crippen molar-refractivity contribution in [3.8, 4) is 0 Å². The first-order chi connectivity index (χ1) is 4.61. The molecular weight excluding hydrogens is 368 g/mol. The van der Waals surface area contributed by atoms with E-state index in [9.17, 15) is 0 Å². The SMILES string of the molecule is Br[Si](Br)(Br)c1ccccc1.[SiH4]. The highest BCUT2D eigenvalue weighted by molar-refractivity contribution is 9.72. The van der Waals surface area contributed by atoms with Crippen LogP contribution in [0.3, 0.4) is 0 Å². The molecule has 1 rings (SSSR count).